The Hall–Kier alpha value is -2.65. The van der Waals surface area contributed by atoms with Crippen molar-refractivity contribution >= 4 is 40.0 Å². The van der Waals surface area contributed by atoms with Crippen LogP contribution in [0.2, 0.25) is 0 Å². The van der Waals surface area contributed by atoms with Crippen LogP contribution >= 0.6 is 23.1 Å². The number of esters is 1. The molecule has 2 aromatic heterocycles. The van der Waals surface area contributed by atoms with Crippen molar-refractivity contribution in [1.29, 1.82) is 0 Å². The van der Waals surface area contributed by atoms with Crippen molar-refractivity contribution < 1.29 is 14.3 Å². The molecule has 1 aliphatic carbocycles. The molecule has 0 saturated carbocycles. The van der Waals surface area contributed by atoms with Crippen LogP contribution in [0.3, 0.4) is 0 Å². The minimum Gasteiger partial charge on any atom is -0.462 e. The van der Waals surface area contributed by atoms with Gasteiger partial charge in [-0.15, -0.1) is 21.5 Å². The van der Waals surface area contributed by atoms with Crippen LogP contribution in [-0.2, 0) is 28.9 Å². The molecule has 1 aliphatic rings. The summed E-state index contributed by atoms with van der Waals surface area (Å²) < 4.78 is 7.34. The van der Waals surface area contributed by atoms with Gasteiger partial charge in [-0.2, -0.15) is 0 Å². The average Bonchev–Trinajstić information content (AvgIpc) is 3.30. The number of aromatic nitrogens is 3. The van der Waals surface area contributed by atoms with E-state index >= 15 is 0 Å². The topological polar surface area (TPSA) is 86.1 Å². The lowest BCUT2D eigenvalue weighted by Gasteiger charge is -2.09. The van der Waals surface area contributed by atoms with Gasteiger partial charge in [-0.25, -0.2) is 4.79 Å². The molecule has 1 aromatic carbocycles. The third-order valence-electron chi connectivity index (χ3n) is 5.80. The monoisotopic (exact) mass is 498 g/mol. The molecule has 34 heavy (non-hydrogen) atoms. The van der Waals surface area contributed by atoms with Crippen LogP contribution in [0.4, 0.5) is 5.00 Å². The van der Waals surface area contributed by atoms with Gasteiger partial charge < -0.3 is 14.6 Å². The molecule has 2 heterocycles. The summed E-state index contributed by atoms with van der Waals surface area (Å²) in [6, 6.07) is 8.14. The predicted octanol–water partition coefficient (Wildman–Crippen LogP) is 5.51. The van der Waals surface area contributed by atoms with E-state index in [9.17, 15) is 9.59 Å². The van der Waals surface area contributed by atoms with Gasteiger partial charge in [0.05, 0.1) is 17.9 Å². The van der Waals surface area contributed by atoms with E-state index in [1.54, 1.807) is 6.92 Å². The highest BCUT2D eigenvalue weighted by Crippen LogP contribution is 2.38. The zero-order chi connectivity index (χ0) is 24.1. The minimum atomic E-state index is -0.349. The van der Waals surface area contributed by atoms with Gasteiger partial charge in [0.1, 0.15) is 5.00 Å². The number of carbonyl (C=O) groups excluding carboxylic acids is 2. The number of nitrogens with zero attached hydrogens (tertiary/aromatic N) is 3. The van der Waals surface area contributed by atoms with Crippen molar-refractivity contribution in [1.82, 2.24) is 14.8 Å². The van der Waals surface area contributed by atoms with Gasteiger partial charge >= 0.3 is 5.97 Å². The average molecular weight is 499 g/mol. The standard InChI is InChI=1S/C25H30N4O3S2/c1-4-29-22(17-11-9-10-16(3)14-17)27-28-25(29)33-15-20(30)26-23-21(24(31)32-5-2)18-12-7-6-8-13-19(18)34-23/h9-11,14H,4-8,12-13,15H2,1-3H3,(H,26,30). The summed E-state index contributed by atoms with van der Waals surface area (Å²) in [6.45, 7) is 6.89. The largest absolute Gasteiger partial charge is 0.462 e. The maximum absolute atomic E-state index is 12.9. The summed E-state index contributed by atoms with van der Waals surface area (Å²) in [4.78, 5) is 26.8. The van der Waals surface area contributed by atoms with Crippen molar-refractivity contribution in [3.8, 4) is 11.4 Å². The molecule has 9 heteroatoms. The maximum Gasteiger partial charge on any atom is 0.341 e. The van der Waals surface area contributed by atoms with E-state index in [0.717, 1.165) is 54.6 Å². The molecule has 0 radical (unpaired) electrons. The van der Waals surface area contributed by atoms with Gasteiger partial charge in [0, 0.05) is 17.0 Å². The van der Waals surface area contributed by atoms with Crippen LogP contribution in [0.5, 0.6) is 0 Å². The number of rotatable bonds is 8. The number of thiophene rings is 1. The molecule has 0 spiro atoms. The van der Waals surface area contributed by atoms with Crippen LogP contribution in [0.25, 0.3) is 11.4 Å². The lowest BCUT2D eigenvalue weighted by Crippen LogP contribution is -2.17. The Bertz CT molecular complexity index is 1190. The zero-order valence-corrected chi connectivity index (χ0v) is 21.5. The van der Waals surface area contributed by atoms with Gasteiger partial charge in [0.15, 0.2) is 11.0 Å². The number of anilines is 1. The fourth-order valence-corrected chi connectivity index (χ4v) is 6.32. The van der Waals surface area contributed by atoms with Crippen molar-refractivity contribution in [2.45, 2.75) is 64.6 Å². The van der Waals surface area contributed by atoms with E-state index < -0.39 is 0 Å². The molecule has 1 N–H and O–H groups in total. The third-order valence-corrected chi connectivity index (χ3v) is 7.97. The third kappa shape index (κ3) is 5.36. The van der Waals surface area contributed by atoms with Crippen LogP contribution in [-0.4, -0.2) is 39.0 Å². The number of carbonyl (C=O) groups is 2. The molecule has 0 atom stereocenters. The summed E-state index contributed by atoms with van der Waals surface area (Å²) in [5.41, 5.74) is 3.76. The number of hydrogen-bond acceptors (Lipinski definition) is 7. The Morgan fingerprint density at radius 2 is 2.00 bits per heavy atom. The zero-order valence-electron chi connectivity index (χ0n) is 19.8. The first-order valence-corrected chi connectivity index (χ1v) is 13.6. The minimum absolute atomic E-state index is 0.172. The van der Waals surface area contributed by atoms with E-state index in [1.165, 1.54) is 28.0 Å². The number of fused-ring (bicyclic) bond motifs is 1. The number of amides is 1. The second kappa shape index (κ2) is 11.2. The Kier molecular flexibility index (Phi) is 8.05. The van der Waals surface area contributed by atoms with Crippen LogP contribution in [0, 0.1) is 6.92 Å². The fraction of sp³-hybridized carbons (Fsp3) is 0.440. The number of nitrogens with one attached hydrogen (secondary N) is 1. The Morgan fingerprint density at radius 3 is 2.76 bits per heavy atom. The van der Waals surface area contributed by atoms with Gasteiger partial charge in [0.25, 0.3) is 0 Å². The summed E-state index contributed by atoms with van der Waals surface area (Å²) in [5.74, 6) is 0.449. The van der Waals surface area contributed by atoms with Gasteiger partial charge in [0.2, 0.25) is 5.91 Å². The van der Waals surface area contributed by atoms with E-state index in [0.29, 0.717) is 28.9 Å². The summed E-state index contributed by atoms with van der Waals surface area (Å²) in [7, 11) is 0. The fourth-order valence-electron chi connectivity index (χ4n) is 4.22. The Labute approximate surface area is 208 Å². The summed E-state index contributed by atoms with van der Waals surface area (Å²) in [6.07, 6.45) is 5.11. The number of thioether (sulfide) groups is 1. The van der Waals surface area contributed by atoms with Crippen LogP contribution in [0.1, 0.15) is 59.5 Å². The van der Waals surface area contributed by atoms with Gasteiger partial charge in [-0.05, 0) is 58.1 Å². The van der Waals surface area contributed by atoms with Crippen LogP contribution in [0.15, 0.2) is 29.4 Å². The molecule has 4 rings (SSSR count). The van der Waals surface area contributed by atoms with Gasteiger partial charge in [-0.1, -0.05) is 41.9 Å². The highest BCUT2D eigenvalue weighted by atomic mass is 32.2. The van der Waals surface area contributed by atoms with Crippen molar-refractivity contribution in [3.63, 3.8) is 0 Å². The van der Waals surface area contributed by atoms with Gasteiger partial charge in [-0.3, -0.25) is 4.79 Å². The molecular formula is C25H30N4O3S2. The molecule has 3 aromatic rings. The predicted molar refractivity (Wildman–Crippen MR) is 137 cm³/mol. The second-order valence-electron chi connectivity index (χ2n) is 8.25. The Balaban J connectivity index is 1.49. The first-order valence-electron chi connectivity index (χ1n) is 11.8. The van der Waals surface area contributed by atoms with Crippen molar-refractivity contribution in [2.24, 2.45) is 0 Å². The molecular weight excluding hydrogens is 468 g/mol. The summed E-state index contributed by atoms with van der Waals surface area (Å²) in [5, 5.41) is 13.0. The van der Waals surface area contributed by atoms with E-state index in [1.807, 2.05) is 36.6 Å². The van der Waals surface area contributed by atoms with Crippen molar-refractivity contribution in [3.05, 3.63) is 45.8 Å². The lowest BCUT2D eigenvalue weighted by atomic mass is 10.1. The molecule has 0 saturated heterocycles. The van der Waals surface area contributed by atoms with E-state index in [-0.39, 0.29) is 17.6 Å². The molecule has 0 fully saturated rings. The van der Waals surface area contributed by atoms with E-state index in [2.05, 4.69) is 21.6 Å². The first-order chi connectivity index (χ1) is 16.5. The highest BCUT2D eigenvalue weighted by molar-refractivity contribution is 7.99. The normalized spacial score (nSPS) is 13.3. The first kappa shape index (κ1) is 24.5. The maximum atomic E-state index is 12.9. The number of aryl methyl sites for hydroxylation is 2. The molecule has 180 valence electrons. The quantitative estimate of drug-likeness (QED) is 0.250. The SMILES string of the molecule is CCOC(=O)c1c(NC(=O)CSc2nnc(-c3cccc(C)c3)n2CC)sc2c1CCCCC2. The Morgan fingerprint density at radius 1 is 1.18 bits per heavy atom. The molecule has 1 amide bonds. The lowest BCUT2D eigenvalue weighted by molar-refractivity contribution is -0.113. The number of ether oxygens (including phenoxy) is 1. The highest BCUT2D eigenvalue weighted by Gasteiger charge is 2.26. The molecule has 0 aliphatic heterocycles. The molecule has 0 bridgehead atoms. The smallest absolute Gasteiger partial charge is 0.341 e. The second-order valence-corrected chi connectivity index (χ2v) is 10.3. The number of benzene rings is 1. The molecule has 7 nitrogen and oxygen atoms in total. The van der Waals surface area contributed by atoms with Crippen molar-refractivity contribution in [2.75, 3.05) is 17.7 Å². The summed E-state index contributed by atoms with van der Waals surface area (Å²) >= 11 is 2.86. The van der Waals surface area contributed by atoms with E-state index in [4.69, 9.17) is 4.74 Å². The molecule has 0 unspecified atom stereocenters. The van der Waals surface area contributed by atoms with Crippen LogP contribution < -0.4 is 5.32 Å². The number of hydrogen-bond donors (Lipinski definition) is 1.